The Bertz CT molecular complexity index is 950. The van der Waals surface area contributed by atoms with E-state index in [0.717, 1.165) is 40.6 Å². The lowest BCUT2D eigenvalue weighted by Gasteiger charge is -2.12. The fourth-order valence-corrected chi connectivity index (χ4v) is 3.44. The van der Waals surface area contributed by atoms with Gasteiger partial charge < -0.3 is 10.4 Å². The van der Waals surface area contributed by atoms with Crippen LogP contribution < -0.4 is 10.6 Å². The van der Waals surface area contributed by atoms with Crippen LogP contribution in [0.4, 0.5) is 10.6 Å². The highest BCUT2D eigenvalue weighted by Gasteiger charge is 2.17. The summed E-state index contributed by atoms with van der Waals surface area (Å²) in [5, 5.41) is 15.0. The number of amides is 2. The number of benzene rings is 1. The first-order chi connectivity index (χ1) is 13.2. The van der Waals surface area contributed by atoms with Gasteiger partial charge in [0.1, 0.15) is 5.82 Å². The number of aromatic nitrogens is 2. The average Bonchev–Trinajstić information content (AvgIpc) is 3.20. The summed E-state index contributed by atoms with van der Waals surface area (Å²) in [7, 11) is 0. The van der Waals surface area contributed by atoms with Crippen LogP contribution in [0.3, 0.4) is 0 Å². The molecular weight excluding hydrogens is 340 g/mol. The maximum Gasteiger partial charge on any atom is 0.320 e. The van der Waals surface area contributed by atoms with Crippen LogP contribution in [-0.2, 0) is 6.61 Å². The molecule has 0 radical (unpaired) electrons. The van der Waals surface area contributed by atoms with E-state index in [-0.39, 0.29) is 18.7 Å². The first kappa shape index (κ1) is 17.4. The van der Waals surface area contributed by atoms with Crippen LogP contribution >= 0.6 is 0 Å². The van der Waals surface area contributed by atoms with Crippen molar-refractivity contribution in [2.75, 3.05) is 5.32 Å². The Morgan fingerprint density at radius 3 is 2.56 bits per heavy atom. The Balaban J connectivity index is 1.54. The Labute approximate surface area is 157 Å². The number of hydrogen-bond donors (Lipinski definition) is 3. The van der Waals surface area contributed by atoms with Crippen molar-refractivity contribution in [3.8, 4) is 11.1 Å². The number of fused-ring (bicyclic) bond motifs is 1. The van der Waals surface area contributed by atoms with Crippen molar-refractivity contribution in [2.24, 2.45) is 0 Å². The standard InChI is InChI=1S/C21H22N4O2/c26-13-14-5-7-15(8-6-14)16-11-19-18(22-12-16)9-10-20(24-19)25-21(27)23-17-3-1-2-4-17/h5-12,17,26H,1-4,13H2,(H2,23,24,25,27). The lowest BCUT2D eigenvalue weighted by molar-refractivity contribution is 0.248. The molecule has 2 heterocycles. The Morgan fingerprint density at radius 2 is 1.81 bits per heavy atom. The summed E-state index contributed by atoms with van der Waals surface area (Å²) in [5.41, 5.74) is 4.29. The quantitative estimate of drug-likeness (QED) is 0.658. The number of aliphatic hydroxyl groups excluding tert-OH is 1. The van der Waals surface area contributed by atoms with Crippen LogP contribution in [-0.4, -0.2) is 27.1 Å². The highest BCUT2D eigenvalue weighted by molar-refractivity contribution is 5.90. The molecule has 2 amide bonds. The Morgan fingerprint density at radius 1 is 1.04 bits per heavy atom. The van der Waals surface area contributed by atoms with Crippen LogP contribution in [0.2, 0.25) is 0 Å². The summed E-state index contributed by atoms with van der Waals surface area (Å²) in [5.74, 6) is 0.507. The van der Waals surface area contributed by atoms with Gasteiger partial charge in [0.25, 0.3) is 0 Å². The van der Waals surface area contributed by atoms with Gasteiger partial charge in [0.2, 0.25) is 0 Å². The number of hydrogen-bond acceptors (Lipinski definition) is 4. The van der Waals surface area contributed by atoms with Crippen molar-refractivity contribution < 1.29 is 9.90 Å². The van der Waals surface area contributed by atoms with Gasteiger partial charge in [0, 0.05) is 17.8 Å². The highest BCUT2D eigenvalue weighted by Crippen LogP contribution is 2.23. The molecule has 0 spiro atoms. The van der Waals surface area contributed by atoms with Crippen molar-refractivity contribution in [3.05, 3.63) is 54.2 Å². The summed E-state index contributed by atoms with van der Waals surface area (Å²) in [4.78, 5) is 21.2. The fourth-order valence-electron chi connectivity index (χ4n) is 3.44. The number of carbonyl (C=O) groups excluding carboxylic acids is 1. The zero-order chi connectivity index (χ0) is 18.6. The molecule has 3 N–H and O–H groups in total. The highest BCUT2D eigenvalue weighted by atomic mass is 16.3. The third-order valence-electron chi connectivity index (χ3n) is 4.94. The Kier molecular flexibility index (Phi) is 4.98. The molecule has 27 heavy (non-hydrogen) atoms. The first-order valence-corrected chi connectivity index (χ1v) is 9.26. The minimum Gasteiger partial charge on any atom is -0.392 e. The van der Waals surface area contributed by atoms with Gasteiger partial charge in [-0.05, 0) is 42.2 Å². The normalized spacial score (nSPS) is 14.4. The molecular formula is C21H22N4O2. The van der Waals surface area contributed by atoms with Gasteiger partial charge in [0.15, 0.2) is 0 Å². The van der Waals surface area contributed by atoms with Crippen LogP contribution in [0.1, 0.15) is 31.2 Å². The number of carbonyl (C=O) groups is 1. The number of rotatable bonds is 4. The molecule has 0 bridgehead atoms. The molecule has 6 heteroatoms. The fraction of sp³-hybridized carbons (Fsp3) is 0.286. The number of nitrogens with zero attached hydrogens (tertiary/aromatic N) is 2. The maximum absolute atomic E-state index is 12.2. The molecule has 138 valence electrons. The Hall–Kier alpha value is -2.99. The molecule has 0 aliphatic heterocycles. The van der Waals surface area contributed by atoms with E-state index >= 15 is 0 Å². The molecule has 1 aliphatic carbocycles. The van der Waals surface area contributed by atoms with Crippen molar-refractivity contribution in [3.63, 3.8) is 0 Å². The summed E-state index contributed by atoms with van der Waals surface area (Å²) >= 11 is 0. The van der Waals surface area contributed by atoms with Crippen molar-refractivity contribution >= 4 is 22.9 Å². The molecule has 2 aromatic heterocycles. The lowest BCUT2D eigenvalue weighted by Crippen LogP contribution is -2.36. The third-order valence-corrected chi connectivity index (χ3v) is 4.94. The topological polar surface area (TPSA) is 87.1 Å². The molecule has 1 aliphatic rings. The average molecular weight is 362 g/mol. The van der Waals surface area contributed by atoms with Gasteiger partial charge in [-0.25, -0.2) is 9.78 Å². The maximum atomic E-state index is 12.2. The largest absolute Gasteiger partial charge is 0.392 e. The van der Waals surface area contributed by atoms with E-state index in [2.05, 4.69) is 20.6 Å². The monoisotopic (exact) mass is 362 g/mol. The van der Waals surface area contributed by atoms with Crippen LogP contribution in [0.15, 0.2) is 48.7 Å². The minimum atomic E-state index is -0.211. The van der Waals surface area contributed by atoms with E-state index in [0.29, 0.717) is 5.82 Å². The van der Waals surface area contributed by atoms with E-state index in [9.17, 15) is 9.90 Å². The van der Waals surface area contributed by atoms with Crippen molar-refractivity contribution in [1.29, 1.82) is 0 Å². The zero-order valence-corrected chi connectivity index (χ0v) is 15.0. The second-order valence-corrected chi connectivity index (χ2v) is 6.89. The molecule has 0 saturated heterocycles. The molecule has 1 saturated carbocycles. The molecule has 4 rings (SSSR count). The van der Waals surface area contributed by atoms with E-state index in [1.807, 2.05) is 36.4 Å². The molecule has 3 aromatic rings. The molecule has 1 aromatic carbocycles. The van der Waals surface area contributed by atoms with Crippen LogP contribution in [0.25, 0.3) is 22.2 Å². The van der Waals surface area contributed by atoms with E-state index in [1.165, 1.54) is 12.8 Å². The first-order valence-electron chi connectivity index (χ1n) is 9.26. The number of urea groups is 1. The second-order valence-electron chi connectivity index (χ2n) is 6.89. The summed E-state index contributed by atoms with van der Waals surface area (Å²) in [6, 6.07) is 13.3. The van der Waals surface area contributed by atoms with E-state index in [1.54, 1.807) is 12.3 Å². The van der Waals surface area contributed by atoms with Gasteiger partial charge in [-0.15, -0.1) is 0 Å². The summed E-state index contributed by atoms with van der Waals surface area (Å²) < 4.78 is 0. The van der Waals surface area contributed by atoms with Crippen LogP contribution in [0, 0.1) is 0 Å². The smallest absolute Gasteiger partial charge is 0.320 e. The predicted octanol–water partition coefficient (Wildman–Crippen LogP) is 3.85. The third kappa shape index (κ3) is 4.06. The zero-order valence-electron chi connectivity index (χ0n) is 15.0. The van der Waals surface area contributed by atoms with E-state index < -0.39 is 0 Å². The number of nitrogens with one attached hydrogen (secondary N) is 2. The second kappa shape index (κ2) is 7.72. The van der Waals surface area contributed by atoms with Gasteiger partial charge in [-0.3, -0.25) is 10.3 Å². The summed E-state index contributed by atoms with van der Waals surface area (Å²) in [6.45, 7) is 0.0236. The van der Waals surface area contributed by atoms with Gasteiger partial charge in [-0.2, -0.15) is 0 Å². The van der Waals surface area contributed by atoms with Crippen molar-refractivity contribution in [1.82, 2.24) is 15.3 Å². The van der Waals surface area contributed by atoms with Crippen molar-refractivity contribution in [2.45, 2.75) is 38.3 Å². The predicted molar refractivity (Wildman–Crippen MR) is 105 cm³/mol. The number of pyridine rings is 2. The minimum absolute atomic E-state index is 0.0236. The van der Waals surface area contributed by atoms with Crippen LogP contribution in [0.5, 0.6) is 0 Å². The number of anilines is 1. The van der Waals surface area contributed by atoms with E-state index in [4.69, 9.17) is 0 Å². The summed E-state index contributed by atoms with van der Waals surface area (Å²) in [6.07, 6.45) is 6.24. The van der Waals surface area contributed by atoms with Gasteiger partial charge in [-0.1, -0.05) is 37.1 Å². The molecule has 0 atom stereocenters. The number of aliphatic hydroxyl groups is 1. The molecule has 1 fully saturated rings. The SMILES string of the molecule is O=C(Nc1ccc2ncc(-c3ccc(CO)cc3)cc2n1)NC1CCCC1. The van der Waals surface area contributed by atoms with Gasteiger partial charge in [0.05, 0.1) is 17.6 Å². The molecule has 6 nitrogen and oxygen atoms in total. The lowest BCUT2D eigenvalue weighted by atomic mass is 10.1. The van der Waals surface area contributed by atoms with Gasteiger partial charge >= 0.3 is 6.03 Å². The molecule has 0 unspecified atom stereocenters.